The van der Waals surface area contributed by atoms with Crippen LogP contribution in [0.4, 0.5) is 0 Å². The molecule has 0 aliphatic rings. The Kier molecular flexibility index (Phi) is 5.16. The summed E-state index contributed by atoms with van der Waals surface area (Å²) >= 11 is 0. The number of aryl methyl sites for hydroxylation is 3. The van der Waals surface area contributed by atoms with Crippen molar-refractivity contribution in [2.75, 3.05) is 0 Å². The largest absolute Gasteiger partial charge is 0.338 e. The van der Waals surface area contributed by atoms with Gasteiger partial charge in [-0.3, -0.25) is 4.98 Å². The smallest absolute Gasteiger partial charge is 0.0832 e. The summed E-state index contributed by atoms with van der Waals surface area (Å²) in [7, 11) is 0. The van der Waals surface area contributed by atoms with Crippen molar-refractivity contribution in [1.82, 2.24) is 24.3 Å². The molecule has 5 nitrogen and oxygen atoms in total. The van der Waals surface area contributed by atoms with Gasteiger partial charge in [-0.05, 0) is 44.7 Å². The van der Waals surface area contributed by atoms with Gasteiger partial charge in [0.05, 0.1) is 23.4 Å². The second-order valence-electron chi connectivity index (χ2n) is 6.03. The summed E-state index contributed by atoms with van der Waals surface area (Å²) in [6.45, 7) is 6.16. The number of hydrogen-bond donors (Lipinski definition) is 0. The number of benzene rings is 1. The molecule has 3 heterocycles. The Bertz CT molecular complexity index is 1030. The molecule has 26 heavy (non-hydrogen) atoms. The van der Waals surface area contributed by atoms with Gasteiger partial charge >= 0.3 is 0 Å². The topological polar surface area (TPSA) is 48.5 Å². The zero-order chi connectivity index (χ0) is 17.4. The molecule has 0 fully saturated rings. The van der Waals surface area contributed by atoms with E-state index in [0.29, 0.717) is 0 Å². The maximum absolute atomic E-state index is 4.55. The molecule has 1 aromatic carbocycles. The van der Waals surface area contributed by atoms with Crippen LogP contribution in [0, 0.1) is 26.8 Å². The molecular weight excluding hydrogens is 502 g/mol. The number of hydrogen-bond acceptors (Lipinski definition) is 3. The molecule has 0 amide bonds. The Morgan fingerprint density at radius 1 is 0.962 bits per heavy atom. The number of imidazole rings is 1. The van der Waals surface area contributed by atoms with E-state index in [9.17, 15) is 0 Å². The van der Waals surface area contributed by atoms with E-state index in [2.05, 4.69) is 63.9 Å². The molecular formula is C20H18IrN5-. The van der Waals surface area contributed by atoms with Gasteiger partial charge < -0.3 is 9.13 Å². The zero-order valence-electron chi connectivity index (χ0n) is 14.8. The summed E-state index contributed by atoms with van der Waals surface area (Å²) in [5.41, 5.74) is 6.27. The first-order valence-electron chi connectivity index (χ1n) is 8.14. The summed E-state index contributed by atoms with van der Waals surface area (Å²) in [5.74, 6) is 0.834. The minimum atomic E-state index is 0. The van der Waals surface area contributed by atoms with Crippen molar-refractivity contribution in [3.05, 3.63) is 78.1 Å². The molecule has 4 aromatic rings. The summed E-state index contributed by atoms with van der Waals surface area (Å²) < 4.78 is 4.25. The van der Waals surface area contributed by atoms with Gasteiger partial charge in [-0.2, -0.15) is 10.2 Å². The van der Waals surface area contributed by atoms with Crippen molar-refractivity contribution in [3.8, 4) is 22.8 Å². The van der Waals surface area contributed by atoms with Gasteiger partial charge in [-0.1, -0.05) is 0 Å². The maximum atomic E-state index is 4.55. The van der Waals surface area contributed by atoms with Crippen LogP contribution in [-0.4, -0.2) is 24.3 Å². The first-order chi connectivity index (χ1) is 12.1. The molecule has 0 aliphatic heterocycles. The Morgan fingerprint density at radius 3 is 2.46 bits per heavy atom. The van der Waals surface area contributed by atoms with Crippen LogP contribution in [0.3, 0.4) is 0 Å². The number of aromatic nitrogens is 5. The van der Waals surface area contributed by atoms with Crippen molar-refractivity contribution < 1.29 is 20.1 Å². The van der Waals surface area contributed by atoms with Crippen LogP contribution >= 0.6 is 0 Å². The Labute approximate surface area is 166 Å². The van der Waals surface area contributed by atoms with E-state index in [1.807, 2.05) is 29.8 Å². The van der Waals surface area contributed by atoms with Crippen molar-refractivity contribution in [2.45, 2.75) is 20.8 Å². The van der Waals surface area contributed by atoms with E-state index in [-0.39, 0.29) is 20.1 Å². The van der Waals surface area contributed by atoms with Gasteiger partial charge in [-0.25, -0.2) is 0 Å². The minimum Gasteiger partial charge on any atom is -0.338 e. The van der Waals surface area contributed by atoms with Gasteiger partial charge in [0.15, 0.2) is 0 Å². The average Bonchev–Trinajstić information content (AvgIpc) is 3.22. The summed E-state index contributed by atoms with van der Waals surface area (Å²) in [4.78, 5) is 4.55. The van der Waals surface area contributed by atoms with Gasteiger partial charge in [0.2, 0.25) is 0 Å². The van der Waals surface area contributed by atoms with Gasteiger partial charge in [0.25, 0.3) is 0 Å². The average molecular weight is 521 g/mol. The van der Waals surface area contributed by atoms with Crippen LogP contribution in [0.25, 0.3) is 22.8 Å². The van der Waals surface area contributed by atoms with E-state index < -0.39 is 0 Å². The molecule has 0 atom stereocenters. The molecule has 6 heteroatoms. The Morgan fingerprint density at radius 2 is 1.73 bits per heavy atom. The minimum absolute atomic E-state index is 0. The summed E-state index contributed by atoms with van der Waals surface area (Å²) in [6, 6.07) is 15.6. The van der Waals surface area contributed by atoms with Crippen molar-refractivity contribution in [3.63, 3.8) is 0 Å². The third-order valence-corrected chi connectivity index (χ3v) is 4.33. The molecule has 0 saturated heterocycles. The van der Waals surface area contributed by atoms with Crippen LogP contribution in [0.15, 0.2) is 55.0 Å². The molecule has 0 saturated carbocycles. The molecule has 133 valence electrons. The fraction of sp³-hybridized carbons (Fsp3) is 0.150. The Balaban J connectivity index is 0.00000196. The van der Waals surface area contributed by atoms with Crippen LogP contribution in [0.2, 0.25) is 0 Å². The second-order valence-corrected chi connectivity index (χ2v) is 6.03. The van der Waals surface area contributed by atoms with E-state index in [1.54, 1.807) is 12.4 Å². The van der Waals surface area contributed by atoms with Crippen LogP contribution in [-0.2, 0) is 20.1 Å². The molecule has 0 aliphatic carbocycles. The number of nitrogens with zero attached hydrogens (tertiary/aromatic N) is 5. The van der Waals surface area contributed by atoms with E-state index >= 15 is 0 Å². The van der Waals surface area contributed by atoms with E-state index in [4.69, 9.17) is 0 Å². The summed E-state index contributed by atoms with van der Waals surface area (Å²) in [6.07, 6.45) is 5.42. The molecule has 0 spiro atoms. The van der Waals surface area contributed by atoms with Crippen LogP contribution < -0.4 is 0 Å². The first-order valence-corrected chi connectivity index (χ1v) is 8.14. The maximum Gasteiger partial charge on any atom is 0.0832 e. The normalized spacial score (nSPS) is 10.6. The zero-order valence-corrected chi connectivity index (χ0v) is 17.2. The molecule has 0 unspecified atom stereocenters. The molecule has 0 N–H and O–H groups in total. The van der Waals surface area contributed by atoms with Crippen molar-refractivity contribution in [2.24, 2.45) is 0 Å². The molecule has 3 aromatic heterocycles. The van der Waals surface area contributed by atoms with Crippen LogP contribution in [0.1, 0.15) is 17.1 Å². The van der Waals surface area contributed by atoms with Gasteiger partial charge in [-0.15, -0.1) is 29.8 Å². The molecule has 1 radical (unpaired) electrons. The van der Waals surface area contributed by atoms with E-state index in [0.717, 1.165) is 28.5 Å². The second kappa shape index (κ2) is 7.36. The number of rotatable bonds is 3. The van der Waals surface area contributed by atoms with Crippen LogP contribution in [0.5, 0.6) is 0 Å². The quantitative estimate of drug-likeness (QED) is 0.386. The fourth-order valence-corrected chi connectivity index (χ4v) is 3.15. The SMILES string of the molecule is Cc1nnccc1-n1ccnc1-c1[c-]ccc(-n2c(C)ccc2C)c1.[Ir]. The molecule has 0 bridgehead atoms. The van der Waals surface area contributed by atoms with Crippen molar-refractivity contribution in [1.29, 1.82) is 0 Å². The fourth-order valence-electron chi connectivity index (χ4n) is 3.15. The summed E-state index contributed by atoms with van der Waals surface area (Å²) in [5, 5.41) is 8.07. The van der Waals surface area contributed by atoms with Crippen molar-refractivity contribution >= 4 is 0 Å². The predicted octanol–water partition coefficient (Wildman–Crippen LogP) is 3.84. The monoisotopic (exact) mass is 521 g/mol. The third-order valence-electron chi connectivity index (χ3n) is 4.33. The van der Waals surface area contributed by atoms with E-state index in [1.165, 1.54) is 11.4 Å². The predicted molar refractivity (Wildman–Crippen MR) is 97.0 cm³/mol. The third kappa shape index (κ3) is 3.14. The van der Waals surface area contributed by atoms with Gasteiger partial charge in [0.1, 0.15) is 0 Å². The standard InChI is InChI=1S/C20H18N5.Ir/c1-14-7-8-15(2)25(14)18-6-4-5-17(13-18)20-21-11-12-24(20)19-9-10-22-23-16(19)3;/h4,6-13H,1-3H3;/q-1;. The van der Waals surface area contributed by atoms with Gasteiger partial charge in [0, 0.05) is 43.9 Å². The Hall–Kier alpha value is -2.56. The first kappa shape index (κ1) is 18.2. The molecule has 4 rings (SSSR count).